The minimum absolute atomic E-state index is 0.0422. The van der Waals surface area contributed by atoms with E-state index in [9.17, 15) is 8.78 Å². The molecule has 0 aliphatic rings. The first-order valence-electron chi connectivity index (χ1n) is 2.66. The third kappa shape index (κ3) is 2.01. The van der Waals surface area contributed by atoms with Gasteiger partial charge in [-0.25, -0.2) is 4.68 Å². The maximum Gasteiger partial charge on any atom is 0.388 e. The summed E-state index contributed by atoms with van der Waals surface area (Å²) in [6, 6.07) is 0. The zero-order valence-corrected chi connectivity index (χ0v) is 7.67. The van der Waals surface area contributed by atoms with Crippen LogP contribution in [0.25, 0.3) is 0 Å². The monoisotopic (exact) mass is 273 g/mol. The minimum Gasteiger partial charge on any atom is -0.416 e. The molecule has 0 saturated carbocycles. The SMILES string of the molecule is Cn1n[c]c(I)c1OC(F)F. The summed E-state index contributed by atoms with van der Waals surface area (Å²) in [4.78, 5) is 0. The average Bonchev–Trinajstić information content (AvgIpc) is 2.18. The van der Waals surface area contributed by atoms with E-state index in [1.807, 2.05) is 22.6 Å². The Labute approximate surface area is 75.5 Å². The van der Waals surface area contributed by atoms with E-state index >= 15 is 0 Å². The highest BCUT2D eigenvalue weighted by Crippen LogP contribution is 2.19. The van der Waals surface area contributed by atoms with Crippen molar-refractivity contribution in [1.29, 1.82) is 0 Å². The van der Waals surface area contributed by atoms with E-state index in [0.29, 0.717) is 3.57 Å². The molecule has 1 heterocycles. The Morgan fingerprint density at radius 1 is 1.73 bits per heavy atom. The van der Waals surface area contributed by atoms with Gasteiger partial charge in [0, 0.05) is 7.05 Å². The van der Waals surface area contributed by atoms with E-state index in [1.165, 1.54) is 11.7 Å². The highest BCUT2D eigenvalue weighted by Gasteiger charge is 2.12. The van der Waals surface area contributed by atoms with Crippen molar-refractivity contribution in [3.8, 4) is 5.88 Å². The highest BCUT2D eigenvalue weighted by atomic mass is 127. The maximum absolute atomic E-state index is 11.7. The van der Waals surface area contributed by atoms with Crippen molar-refractivity contribution in [2.45, 2.75) is 6.61 Å². The minimum atomic E-state index is -2.81. The molecule has 3 nitrogen and oxygen atoms in total. The topological polar surface area (TPSA) is 27.1 Å². The molecule has 0 bridgehead atoms. The Morgan fingerprint density at radius 3 is 2.73 bits per heavy atom. The predicted octanol–water partition coefficient (Wildman–Crippen LogP) is 1.43. The number of rotatable bonds is 2. The highest BCUT2D eigenvalue weighted by molar-refractivity contribution is 14.1. The molecular weight excluding hydrogens is 269 g/mol. The molecule has 0 aliphatic heterocycles. The van der Waals surface area contributed by atoms with Crippen LogP contribution in [0.2, 0.25) is 0 Å². The number of halogens is 3. The fourth-order valence-electron chi connectivity index (χ4n) is 0.567. The van der Waals surface area contributed by atoms with E-state index in [4.69, 9.17) is 0 Å². The second-order valence-electron chi connectivity index (χ2n) is 1.73. The third-order valence-electron chi connectivity index (χ3n) is 0.981. The van der Waals surface area contributed by atoms with Gasteiger partial charge >= 0.3 is 6.61 Å². The van der Waals surface area contributed by atoms with Crippen LogP contribution in [0.1, 0.15) is 0 Å². The molecule has 0 N–H and O–H groups in total. The lowest BCUT2D eigenvalue weighted by atomic mass is 10.7. The zero-order chi connectivity index (χ0) is 8.43. The van der Waals surface area contributed by atoms with Gasteiger partial charge in [-0.15, -0.1) is 0 Å². The summed E-state index contributed by atoms with van der Waals surface area (Å²) in [7, 11) is 1.51. The number of hydrogen-bond acceptors (Lipinski definition) is 2. The third-order valence-corrected chi connectivity index (χ3v) is 1.68. The summed E-state index contributed by atoms with van der Waals surface area (Å²) < 4.78 is 29.2. The Kier molecular flexibility index (Phi) is 2.63. The van der Waals surface area contributed by atoms with Gasteiger partial charge in [-0.3, -0.25) is 0 Å². The van der Waals surface area contributed by atoms with Crippen molar-refractivity contribution < 1.29 is 13.5 Å². The summed E-state index contributed by atoms with van der Waals surface area (Å²) in [5, 5.41) is 3.60. The molecule has 0 aromatic carbocycles. The molecule has 0 fully saturated rings. The molecular formula is C5H4F2IN2O. The summed E-state index contributed by atoms with van der Waals surface area (Å²) in [5.74, 6) is 0.0422. The van der Waals surface area contributed by atoms with E-state index in [1.54, 1.807) is 0 Å². The Morgan fingerprint density at radius 2 is 2.36 bits per heavy atom. The summed E-state index contributed by atoms with van der Waals surface area (Å²) in [6.45, 7) is -2.81. The first kappa shape index (κ1) is 8.69. The quantitative estimate of drug-likeness (QED) is 0.762. The molecule has 1 aromatic rings. The Hall–Kier alpha value is -0.400. The lowest BCUT2D eigenvalue weighted by Crippen LogP contribution is -2.06. The van der Waals surface area contributed by atoms with Gasteiger partial charge < -0.3 is 4.74 Å². The van der Waals surface area contributed by atoms with Crippen molar-refractivity contribution in [2.24, 2.45) is 7.05 Å². The fraction of sp³-hybridized carbons (Fsp3) is 0.400. The van der Waals surface area contributed by atoms with Crippen LogP contribution in [0.3, 0.4) is 0 Å². The number of aromatic nitrogens is 2. The van der Waals surface area contributed by atoms with E-state index in [0.717, 1.165) is 0 Å². The maximum atomic E-state index is 11.7. The molecule has 1 rings (SSSR count). The van der Waals surface area contributed by atoms with Crippen LogP contribution in [0.4, 0.5) is 8.78 Å². The summed E-state index contributed by atoms with van der Waals surface area (Å²) in [5.41, 5.74) is 0. The molecule has 0 amide bonds. The van der Waals surface area contributed by atoms with Crippen molar-refractivity contribution in [3.63, 3.8) is 0 Å². The molecule has 0 atom stereocenters. The molecule has 0 saturated heterocycles. The van der Waals surface area contributed by atoms with Gasteiger partial charge in [0.2, 0.25) is 5.88 Å². The number of ether oxygens (including phenoxy) is 1. The summed E-state index contributed by atoms with van der Waals surface area (Å²) >= 11 is 1.82. The van der Waals surface area contributed by atoms with Crippen LogP contribution in [0, 0.1) is 9.77 Å². The second-order valence-corrected chi connectivity index (χ2v) is 2.81. The second kappa shape index (κ2) is 3.33. The first-order valence-corrected chi connectivity index (χ1v) is 3.74. The van der Waals surface area contributed by atoms with E-state index in [2.05, 4.69) is 16.0 Å². The van der Waals surface area contributed by atoms with Gasteiger partial charge in [-0.05, 0) is 22.6 Å². The van der Waals surface area contributed by atoms with Crippen LogP contribution in [0.15, 0.2) is 0 Å². The van der Waals surface area contributed by atoms with Crippen molar-refractivity contribution in [3.05, 3.63) is 9.77 Å². The number of hydrogen-bond donors (Lipinski definition) is 0. The summed E-state index contributed by atoms with van der Waals surface area (Å²) in [6.07, 6.45) is 2.48. The number of aryl methyl sites for hydroxylation is 1. The molecule has 1 radical (unpaired) electrons. The number of nitrogens with zero attached hydrogens (tertiary/aromatic N) is 2. The van der Waals surface area contributed by atoms with Crippen molar-refractivity contribution >= 4 is 22.6 Å². The average molecular weight is 273 g/mol. The Bertz CT molecular complexity index is 231. The van der Waals surface area contributed by atoms with Crippen LogP contribution < -0.4 is 4.74 Å². The molecule has 61 valence electrons. The molecule has 0 aliphatic carbocycles. The molecule has 1 aromatic heterocycles. The smallest absolute Gasteiger partial charge is 0.388 e. The zero-order valence-electron chi connectivity index (χ0n) is 5.51. The van der Waals surface area contributed by atoms with Crippen LogP contribution >= 0.6 is 22.6 Å². The normalized spacial score (nSPS) is 10.6. The van der Waals surface area contributed by atoms with Crippen molar-refractivity contribution in [1.82, 2.24) is 9.78 Å². The van der Waals surface area contributed by atoms with Gasteiger partial charge in [0.15, 0.2) is 0 Å². The Balaban J connectivity index is 2.83. The van der Waals surface area contributed by atoms with Gasteiger partial charge in [-0.2, -0.15) is 13.9 Å². The predicted molar refractivity (Wildman–Crippen MR) is 41.4 cm³/mol. The lowest BCUT2D eigenvalue weighted by Gasteiger charge is -2.03. The molecule has 11 heavy (non-hydrogen) atoms. The number of alkyl halides is 2. The standard InChI is InChI=1S/C5H4F2IN2O/c1-10-4(11-5(6)7)3(8)2-9-10/h5H,1H3. The fourth-order valence-corrected chi connectivity index (χ4v) is 1.15. The molecule has 0 spiro atoms. The first-order chi connectivity index (χ1) is 5.11. The van der Waals surface area contributed by atoms with Crippen molar-refractivity contribution in [2.75, 3.05) is 0 Å². The van der Waals surface area contributed by atoms with Gasteiger partial charge in [0.05, 0.1) is 0 Å². The van der Waals surface area contributed by atoms with Crippen LogP contribution in [0.5, 0.6) is 5.88 Å². The van der Waals surface area contributed by atoms with E-state index in [-0.39, 0.29) is 5.88 Å². The molecule has 6 heteroatoms. The van der Waals surface area contributed by atoms with Gasteiger partial charge in [0.1, 0.15) is 9.77 Å². The van der Waals surface area contributed by atoms with Crippen LogP contribution in [-0.4, -0.2) is 16.4 Å². The van der Waals surface area contributed by atoms with Gasteiger partial charge in [-0.1, -0.05) is 0 Å². The van der Waals surface area contributed by atoms with E-state index < -0.39 is 6.61 Å². The lowest BCUT2D eigenvalue weighted by molar-refractivity contribution is -0.0558. The van der Waals surface area contributed by atoms with Gasteiger partial charge in [0.25, 0.3) is 0 Å². The molecule has 0 unspecified atom stereocenters. The van der Waals surface area contributed by atoms with Crippen LogP contribution in [-0.2, 0) is 7.05 Å². The largest absolute Gasteiger partial charge is 0.416 e.